The van der Waals surface area contributed by atoms with Crippen LogP contribution in [-0.2, 0) is 9.59 Å². The molecule has 0 saturated heterocycles. The summed E-state index contributed by atoms with van der Waals surface area (Å²) in [6, 6.07) is 7.83. The average Bonchev–Trinajstić information content (AvgIpc) is 2.92. The van der Waals surface area contributed by atoms with E-state index in [0.29, 0.717) is 0 Å². The van der Waals surface area contributed by atoms with Gasteiger partial charge < -0.3 is 10.4 Å². The molecule has 20 heavy (non-hydrogen) atoms. The maximum atomic E-state index is 12.2. The van der Waals surface area contributed by atoms with Crippen LogP contribution in [0.15, 0.2) is 24.3 Å². The van der Waals surface area contributed by atoms with E-state index in [4.69, 9.17) is 5.11 Å². The van der Waals surface area contributed by atoms with Crippen molar-refractivity contribution in [1.82, 2.24) is 5.32 Å². The fourth-order valence-electron chi connectivity index (χ4n) is 2.91. The minimum absolute atomic E-state index is 0.117. The highest BCUT2D eigenvalue weighted by Crippen LogP contribution is 2.58. The monoisotopic (exact) mass is 275 g/mol. The van der Waals surface area contributed by atoms with Gasteiger partial charge in [-0.05, 0) is 24.8 Å². The second-order valence-corrected chi connectivity index (χ2v) is 6.26. The first-order chi connectivity index (χ1) is 9.25. The van der Waals surface area contributed by atoms with E-state index in [1.165, 1.54) is 0 Å². The van der Waals surface area contributed by atoms with Gasteiger partial charge in [0.15, 0.2) is 0 Å². The lowest BCUT2D eigenvalue weighted by molar-refractivity contribution is -0.140. The minimum atomic E-state index is -0.890. The number of rotatable bonds is 4. The quantitative estimate of drug-likeness (QED) is 0.887. The Morgan fingerprint density at radius 2 is 1.95 bits per heavy atom. The second-order valence-electron chi connectivity index (χ2n) is 6.26. The van der Waals surface area contributed by atoms with E-state index in [1.807, 2.05) is 52.0 Å². The maximum absolute atomic E-state index is 12.2. The molecule has 1 saturated carbocycles. The van der Waals surface area contributed by atoms with Crippen LogP contribution in [0.5, 0.6) is 0 Å². The van der Waals surface area contributed by atoms with Crippen LogP contribution in [0.2, 0.25) is 0 Å². The fourth-order valence-corrected chi connectivity index (χ4v) is 2.91. The summed E-state index contributed by atoms with van der Waals surface area (Å²) in [6.07, 6.45) is 0. The summed E-state index contributed by atoms with van der Waals surface area (Å²) in [4.78, 5) is 23.3. The van der Waals surface area contributed by atoms with E-state index < -0.39 is 23.2 Å². The van der Waals surface area contributed by atoms with Gasteiger partial charge in [-0.1, -0.05) is 43.7 Å². The summed E-state index contributed by atoms with van der Waals surface area (Å²) in [5.74, 6) is -2.07. The molecular weight excluding hydrogens is 254 g/mol. The molecule has 1 amide bonds. The van der Waals surface area contributed by atoms with Crippen molar-refractivity contribution in [1.29, 1.82) is 0 Å². The average molecular weight is 275 g/mol. The van der Waals surface area contributed by atoms with Crippen molar-refractivity contribution in [3.05, 3.63) is 35.4 Å². The molecule has 1 aromatic rings. The van der Waals surface area contributed by atoms with Gasteiger partial charge in [0, 0.05) is 0 Å². The molecule has 1 aliphatic rings. The third-order valence-electron chi connectivity index (χ3n) is 4.28. The molecule has 0 aromatic heterocycles. The van der Waals surface area contributed by atoms with Crippen molar-refractivity contribution < 1.29 is 14.7 Å². The van der Waals surface area contributed by atoms with E-state index in [0.717, 1.165) is 11.1 Å². The highest BCUT2D eigenvalue weighted by atomic mass is 16.4. The molecule has 1 aromatic carbocycles. The van der Waals surface area contributed by atoms with Gasteiger partial charge in [-0.3, -0.25) is 9.59 Å². The number of hydrogen-bond donors (Lipinski definition) is 2. The number of carbonyl (C=O) groups is 2. The first-order valence-corrected chi connectivity index (χ1v) is 6.85. The molecule has 3 atom stereocenters. The van der Waals surface area contributed by atoms with Crippen molar-refractivity contribution in [2.45, 2.75) is 33.7 Å². The Labute approximate surface area is 119 Å². The number of carboxylic acid groups (broad SMARTS) is 1. The molecule has 0 radical (unpaired) electrons. The van der Waals surface area contributed by atoms with Crippen molar-refractivity contribution in [3.63, 3.8) is 0 Å². The van der Waals surface area contributed by atoms with Gasteiger partial charge in [0.05, 0.1) is 17.9 Å². The number of carboxylic acids is 1. The van der Waals surface area contributed by atoms with Gasteiger partial charge in [-0.15, -0.1) is 0 Å². The summed E-state index contributed by atoms with van der Waals surface area (Å²) in [5, 5.41) is 12.0. The van der Waals surface area contributed by atoms with Gasteiger partial charge in [-0.25, -0.2) is 0 Å². The van der Waals surface area contributed by atoms with Crippen LogP contribution >= 0.6 is 0 Å². The molecule has 0 heterocycles. The van der Waals surface area contributed by atoms with Crippen LogP contribution in [-0.4, -0.2) is 17.0 Å². The largest absolute Gasteiger partial charge is 0.481 e. The summed E-state index contributed by atoms with van der Waals surface area (Å²) in [6.45, 7) is 7.57. The Morgan fingerprint density at radius 1 is 1.30 bits per heavy atom. The lowest BCUT2D eigenvalue weighted by Crippen LogP contribution is -2.30. The number of nitrogens with one attached hydrogen (secondary N) is 1. The third-order valence-corrected chi connectivity index (χ3v) is 4.28. The summed E-state index contributed by atoms with van der Waals surface area (Å²) < 4.78 is 0. The lowest BCUT2D eigenvalue weighted by atomic mass is 10.0. The number of aryl methyl sites for hydroxylation is 1. The topological polar surface area (TPSA) is 66.4 Å². The van der Waals surface area contributed by atoms with Crippen molar-refractivity contribution in [2.75, 3.05) is 0 Å². The Morgan fingerprint density at radius 3 is 2.45 bits per heavy atom. The van der Waals surface area contributed by atoms with Gasteiger partial charge in [0.1, 0.15) is 0 Å². The van der Waals surface area contributed by atoms with Crippen molar-refractivity contribution in [3.8, 4) is 0 Å². The lowest BCUT2D eigenvalue weighted by Gasteiger charge is -2.15. The second kappa shape index (κ2) is 4.93. The normalized spacial score (nSPS) is 24.8. The number of amides is 1. The molecule has 4 nitrogen and oxygen atoms in total. The van der Waals surface area contributed by atoms with Gasteiger partial charge in [-0.2, -0.15) is 0 Å². The zero-order valence-electron chi connectivity index (χ0n) is 12.3. The predicted molar refractivity (Wildman–Crippen MR) is 76.1 cm³/mol. The number of aliphatic carboxylic acids is 1. The molecule has 2 rings (SSSR count). The number of carbonyl (C=O) groups excluding carboxylic acids is 1. The van der Waals surface area contributed by atoms with Crippen LogP contribution in [0.1, 0.15) is 37.9 Å². The van der Waals surface area contributed by atoms with E-state index in [-0.39, 0.29) is 11.9 Å². The Hall–Kier alpha value is -1.84. The van der Waals surface area contributed by atoms with Gasteiger partial charge in [0.25, 0.3) is 0 Å². The van der Waals surface area contributed by atoms with E-state index in [9.17, 15) is 9.59 Å². The Bertz CT molecular complexity index is 550. The SMILES string of the molecule is Cc1cccc([C@H](C)NC(=O)[C@H]2[C@@H](C(=O)O)C2(C)C)c1. The molecule has 4 heteroatoms. The fraction of sp³-hybridized carbons (Fsp3) is 0.500. The van der Waals surface area contributed by atoms with Crippen molar-refractivity contribution >= 4 is 11.9 Å². The molecule has 2 N–H and O–H groups in total. The first-order valence-electron chi connectivity index (χ1n) is 6.85. The molecule has 0 spiro atoms. The Kier molecular flexibility index (Phi) is 3.59. The van der Waals surface area contributed by atoms with Crippen LogP contribution in [0, 0.1) is 24.2 Å². The summed E-state index contributed by atoms with van der Waals surface area (Å²) >= 11 is 0. The molecular formula is C16H21NO3. The highest BCUT2D eigenvalue weighted by Gasteiger charge is 2.65. The van der Waals surface area contributed by atoms with Crippen LogP contribution in [0.3, 0.4) is 0 Å². The summed E-state index contributed by atoms with van der Waals surface area (Å²) in [5.41, 5.74) is 1.71. The minimum Gasteiger partial charge on any atom is -0.481 e. The molecule has 0 unspecified atom stereocenters. The maximum Gasteiger partial charge on any atom is 0.307 e. The molecule has 1 aliphatic carbocycles. The zero-order chi connectivity index (χ0) is 15.1. The smallest absolute Gasteiger partial charge is 0.307 e. The zero-order valence-corrected chi connectivity index (χ0v) is 12.3. The Balaban J connectivity index is 2.04. The number of hydrogen-bond acceptors (Lipinski definition) is 2. The molecule has 0 aliphatic heterocycles. The van der Waals surface area contributed by atoms with E-state index in [1.54, 1.807) is 0 Å². The van der Waals surface area contributed by atoms with E-state index in [2.05, 4.69) is 5.32 Å². The van der Waals surface area contributed by atoms with Gasteiger partial charge in [0.2, 0.25) is 5.91 Å². The van der Waals surface area contributed by atoms with Crippen molar-refractivity contribution in [2.24, 2.45) is 17.3 Å². The van der Waals surface area contributed by atoms with E-state index >= 15 is 0 Å². The van der Waals surface area contributed by atoms with Crippen LogP contribution in [0.25, 0.3) is 0 Å². The molecule has 1 fully saturated rings. The number of benzene rings is 1. The van der Waals surface area contributed by atoms with Crippen LogP contribution < -0.4 is 5.32 Å². The standard InChI is InChI=1S/C16H21NO3/c1-9-6-5-7-11(8-9)10(2)17-14(18)12-13(15(19)20)16(12,3)4/h5-8,10,12-13H,1-4H3,(H,17,18)(H,19,20)/t10-,12+,13-/m0/s1. The van der Waals surface area contributed by atoms with Crippen LogP contribution in [0.4, 0.5) is 0 Å². The van der Waals surface area contributed by atoms with Gasteiger partial charge >= 0.3 is 5.97 Å². The highest BCUT2D eigenvalue weighted by molar-refractivity contribution is 5.91. The predicted octanol–water partition coefficient (Wildman–Crippen LogP) is 2.53. The molecule has 0 bridgehead atoms. The first kappa shape index (κ1) is 14.6. The third kappa shape index (κ3) is 2.55. The summed E-state index contributed by atoms with van der Waals surface area (Å²) in [7, 11) is 0. The molecule has 108 valence electrons.